The molecule has 2 aromatic carbocycles. The molecule has 2 amide bonds. The van der Waals surface area contributed by atoms with Crippen molar-refractivity contribution in [2.24, 2.45) is 0 Å². The lowest BCUT2D eigenvalue weighted by Gasteiger charge is -2.18. The first-order chi connectivity index (χ1) is 11.5. The molecule has 1 atom stereocenters. The van der Waals surface area contributed by atoms with Crippen LogP contribution in [0, 0.1) is 11.6 Å². The number of likely N-dealkylation sites (N-methyl/N-ethyl adjacent to an activating group) is 1. The van der Waals surface area contributed by atoms with Gasteiger partial charge in [-0.1, -0.05) is 24.3 Å². The Morgan fingerprint density at radius 3 is 2.42 bits per heavy atom. The standard InChI is InChI=1S/C17H16F2N2O2S/c1-20-17(23)16(11-7-8-13(18)14(19)9-11)21-15(22)10-24-12-5-3-2-4-6-12/h2-9,16H,10H2,1H3,(H,20,23)(H,21,22). The Morgan fingerprint density at radius 2 is 1.79 bits per heavy atom. The molecule has 0 fully saturated rings. The van der Waals surface area contributed by atoms with Gasteiger partial charge < -0.3 is 10.6 Å². The number of thioether (sulfide) groups is 1. The monoisotopic (exact) mass is 350 g/mol. The van der Waals surface area contributed by atoms with Gasteiger partial charge in [-0.15, -0.1) is 11.8 Å². The smallest absolute Gasteiger partial charge is 0.246 e. The van der Waals surface area contributed by atoms with Crippen LogP contribution >= 0.6 is 11.8 Å². The third kappa shape index (κ3) is 4.79. The molecule has 24 heavy (non-hydrogen) atoms. The maximum absolute atomic E-state index is 13.4. The van der Waals surface area contributed by atoms with E-state index in [2.05, 4.69) is 10.6 Å². The van der Waals surface area contributed by atoms with Gasteiger partial charge in [-0.25, -0.2) is 8.78 Å². The maximum atomic E-state index is 13.4. The van der Waals surface area contributed by atoms with Gasteiger partial charge in [-0.05, 0) is 29.8 Å². The van der Waals surface area contributed by atoms with Crippen molar-refractivity contribution in [2.45, 2.75) is 10.9 Å². The van der Waals surface area contributed by atoms with E-state index in [1.165, 1.54) is 24.9 Å². The molecule has 4 nitrogen and oxygen atoms in total. The van der Waals surface area contributed by atoms with Crippen molar-refractivity contribution < 1.29 is 18.4 Å². The van der Waals surface area contributed by atoms with Crippen LogP contribution in [0.4, 0.5) is 8.78 Å². The molecule has 0 aromatic heterocycles. The molecule has 0 aliphatic rings. The molecule has 0 aliphatic heterocycles. The summed E-state index contributed by atoms with van der Waals surface area (Å²) < 4.78 is 26.4. The first-order valence-corrected chi connectivity index (χ1v) is 8.13. The van der Waals surface area contributed by atoms with Crippen molar-refractivity contribution in [3.63, 3.8) is 0 Å². The van der Waals surface area contributed by atoms with Crippen molar-refractivity contribution in [3.05, 3.63) is 65.7 Å². The maximum Gasteiger partial charge on any atom is 0.246 e. The Bertz CT molecular complexity index is 726. The van der Waals surface area contributed by atoms with Gasteiger partial charge in [0.25, 0.3) is 0 Å². The Balaban J connectivity index is 2.06. The van der Waals surface area contributed by atoms with Gasteiger partial charge >= 0.3 is 0 Å². The topological polar surface area (TPSA) is 58.2 Å². The molecule has 0 spiro atoms. The summed E-state index contributed by atoms with van der Waals surface area (Å²) in [5.74, 6) is -2.89. The van der Waals surface area contributed by atoms with Crippen molar-refractivity contribution in [1.82, 2.24) is 10.6 Å². The molecule has 2 aromatic rings. The molecule has 0 saturated carbocycles. The highest BCUT2D eigenvalue weighted by Crippen LogP contribution is 2.19. The predicted molar refractivity (Wildman–Crippen MR) is 88.5 cm³/mol. The lowest BCUT2D eigenvalue weighted by molar-refractivity contribution is -0.127. The second kappa shape index (κ2) is 8.44. The van der Waals surface area contributed by atoms with Crippen LogP contribution in [0.2, 0.25) is 0 Å². The third-order valence-corrected chi connectivity index (χ3v) is 4.22. The molecule has 0 heterocycles. The Morgan fingerprint density at radius 1 is 1.08 bits per heavy atom. The van der Waals surface area contributed by atoms with Crippen molar-refractivity contribution >= 4 is 23.6 Å². The molecular formula is C17H16F2N2O2S. The quantitative estimate of drug-likeness (QED) is 0.788. The van der Waals surface area contributed by atoms with E-state index in [-0.39, 0.29) is 17.2 Å². The van der Waals surface area contributed by atoms with Crippen molar-refractivity contribution in [3.8, 4) is 0 Å². The van der Waals surface area contributed by atoms with Gasteiger partial charge in [0.05, 0.1) is 5.75 Å². The van der Waals surface area contributed by atoms with E-state index < -0.39 is 23.6 Å². The number of carbonyl (C=O) groups is 2. The second-order valence-electron chi connectivity index (χ2n) is 4.89. The zero-order valence-electron chi connectivity index (χ0n) is 12.9. The predicted octanol–water partition coefficient (Wildman–Crippen LogP) is 2.66. The van der Waals surface area contributed by atoms with E-state index in [1.807, 2.05) is 30.3 Å². The fourth-order valence-electron chi connectivity index (χ4n) is 2.00. The van der Waals surface area contributed by atoms with E-state index in [0.717, 1.165) is 17.0 Å². The molecule has 0 aliphatic carbocycles. The number of amides is 2. The molecule has 1 unspecified atom stereocenters. The number of halogens is 2. The fourth-order valence-corrected chi connectivity index (χ4v) is 2.74. The second-order valence-corrected chi connectivity index (χ2v) is 5.94. The number of hydrogen-bond acceptors (Lipinski definition) is 3. The van der Waals surface area contributed by atoms with Crippen LogP contribution in [0.5, 0.6) is 0 Å². The summed E-state index contributed by atoms with van der Waals surface area (Å²) in [5.41, 5.74) is 0.173. The molecule has 126 valence electrons. The van der Waals surface area contributed by atoms with Gasteiger partial charge in [0.1, 0.15) is 6.04 Å². The van der Waals surface area contributed by atoms with Crippen molar-refractivity contribution in [2.75, 3.05) is 12.8 Å². The first kappa shape index (κ1) is 17.9. The van der Waals surface area contributed by atoms with Crippen molar-refractivity contribution in [1.29, 1.82) is 0 Å². The van der Waals surface area contributed by atoms with Crippen LogP contribution in [-0.4, -0.2) is 24.6 Å². The van der Waals surface area contributed by atoms with Gasteiger partial charge in [-0.2, -0.15) is 0 Å². The lowest BCUT2D eigenvalue weighted by Crippen LogP contribution is -2.39. The minimum atomic E-state index is -1.09. The van der Waals surface area contributed by atoms with Crippen LogP contribution < -0.4 is 10.6 Å². The van der Waals surface area contributed by atoms with Gasteiger partial charge in [0.2, 0.25) is 11.8 Å². The number of nitrogens with one attached hydrogen (secondary N) is 2. The van der Waals surface area contributed by atoms with Gasteiger partial charge in [0.15, 0.2) is 11.6 Å². The number of rotatable bonds is 6. The van der Waals surface area contributed by atoms with Crippen LogP contribution in [0.25, 0.3) is 0 Å². The average molecular weight is 350 g/mol. The van der Waals surface area contributed by atoms with E-state index >= 15 is 0 Å². The lowest BCUT2D eigenvalue weighted by atomic mass is 10.1. The van der Waals surface area contributed by atoms with E-state index in [9.17, 15) is 18.4 Å². The molecule has 0 bridgehead atoms. The molecular weight excluding hydrogens is 334 g/mol. The molecule has 2 N–H and O–H groups in total. The van der Waals surface area contributed by atoms with Gasteiger partial charge in [0, 0.05) is 11.9 Å². The number of hydrogen-bond donors (Lipinski definition) is 2. The molecule has 7 heteroatoms. The number of benzene rings is 2. The van der Waals surface area contributed by atoms with Crippen LogP contribution in [-0.2, 0) is 9.59 Å². The van der Waals surface area contributed by atoms with Crippen LogP contribution in [0.15, 0.2) is 53.4 Å². The van der Waals surface area contributed by atoms with E-state index in [1.54, 1.807) is 0 Å². The summed E-state index contributed by atoms with van der Waals surface area (Å²) in [6, 6.07) is 11.3. The van der Waals surface area contributed by atoms with E-state index in [0.29, 0.717) is 0 Å². The normalized spacial score (nSPS) is 11.6. The largest absolute Gasteiger partial charge is 0.357 e. The fraction of sp³-hybridized carbons (Fsp3) is 0.176. The Hall–Kier alpha value is -2.41. The van der Waals surface area contributed by atoms with Crippen LogP contribution in [0.3, 0.4) is 0 Å². The zero-order chi connectivity index (χ0) is 17.5. The Labute approximate surface area is 142 Å². The van der Waals surface area contributed by atoms with Crippen LogP contribution in [0.1, 0.15) is 11.6 Å². The molecule has 2 rings (SSSR count). The van der Waals surface area contributed by atoms with E-state index in [4.69, 9.17) is 0 Å². The third-order valence-electron chi connectivity index (χ3n) is 3.20. The number of carbonyl (C=O) groups excluding carboxylic acids is 2. The highest BCUT2D eigenvalue weighted by atomic mass is 32.2. The Kier molecular flexibility index (Phi) is 6.31. The summed E-state index contributed by atoms with van der Waals surface area (Å²) in [6.45, 7) is 0. The minimum Gasteiger partial charge on any atom is -0.357 e. The average Bonchev–Trinajstić information content (AvgIpc) is 2.60. The minimum absolute atomic E-state index is 0.0984. The molecule has 0 saturated heterocycles. The van der Waals surface area contributed by atoms with Gasteiger partial charge in [-0.3, -0.25) is 9.59 Å². The summed E-state index contributed by atoms with van der Waals surface area (Å²) in [4.78, 5) is 25.0. The zero-order valence-corrected chi connectivity index (χ0v) is 13.7. The highest BCUT2D eigenvalue weighted by Gasteiger charge is 2.23. The summed E-state index contributed by atoms with van der Waals surface area (Å²) in [5, 5.41) is 4.94. The SMILES string of the molecule is CNC(=O)C(NC(=O)CSc1ccccc1)c1ccc(F)c(F)c1. The summed E-state index contributed by atoms with van der Waals surface area (Å²) >= 11 is 1.31. The summed E-state index contributed by atoms with van der Waals surface area (Å²) in [7, 11) is 1.40. The first-order valence-electron chi connectivity index (χ1n) is 7.15. The molecule has 0 radical (unpaired) electrons. The highest BCUT2D eigenvalue weighted by molar-refractivity contribution is 8.00. The summed E-state index contributed by atoms with van der Waals surface area (Å²) in [6.07, 6.45) is 0.